The van der Waals surface area contributed by atoms with Gasteiger partial charge in [0.1, 0.15) is 5.54 Å². The molecule has 0 bridgehead atoms. The van der Waals surface area contributed by atoms with E-state index in [9.17, 15) is 22.8 Å². The Morgan fingerprint density at radius 1 is 1.26 bits per heavy atom. The molecule has 1 aromatic heterocycles. The Hall–Kier alpha value is -1.78. The van der Waals surface area contributed by atoms with E-state index in [1.165, 1.54) is 7.05 Å². The molecule has 11 heteroatoms. The molecule has 1 fully saturated rings. The average Bonchev–Trinajstić information content (AvgIpc) is 2.86. The van der Waals surface area contributed by atoms with Crippen LogP contribution in [0, 0.1) is 0 Å². The zero-order chi connectivity index (χ0) is 17.4. The summed E-state index contributed by atoms with van der Waals surface area (Å²) >= 11 is 1.09. The number of alkyl halides is 3. The Kier molecular flexibility index (Phi) is 4.60. The van der Waals surface area contributed by atoms with E-state index in [-0.39, 0.29) is 17.6 Å². The molecule has 0 unspecified atom stereocenters. The first-order valence-electron chi connectivity index (χ1n) is 6.77. The highest BCUT2D eigenvalue weighted by molar-refractivity contribution is 7.99. The Balaban J connectivity index is 1.86. The number of hydrogen-bond acceptors (Lipinski definition) is 5. The van der Waals surface area contributed by atoms with Crippen LogP contribution in [0.1, 0.15) is 26.1 Å². The Bertz CT molecular complexity index is 629. The molecule has 3 amide bonds. The molecule has 0 aliphatic carbocycles. The predicted octanol–water partition coefficient (Wildman–Crippen LogP) is 1.65. The molecule has 1 aliphatic rings. The van der Waals surface area contributed by atoms with Crippen molar-refractivity contribution in [3.63, 3.8) is 0 Å². The van der Waals surface area contributed by atoms with Gasteiger partial charge in [0, 0.05) is 19.3 Å². The lowest BCUT2D eigenvalue weighted by Gasteiger charge is -2.15. The van der Waals surface area contributed by atoms with Crippen molar-refractivity contribution in [3.05, 3.63) is 5.82 Å². The zero-order valence-electron chi connectivity index (χ0n) is 12.8. The molecule has 1 saturated heterocycles. The molecule has 128 valence electrons. The van der Waals surface area contributed by atoms with E-state index >= 15 is 0 Å². The van der Waals surface area contributed by atoms with E-state index in [4.69, 9.17) is 0 Å². The van der Waals surface area contributed by atoms with Gasteiger partial charge in [0.25, 0.3) is 5.91 Å². The van der Waals surface area contributed by atoms with Gasteiger partial charge in [0.05, 0.1) is 0 Å². The van der Waals surface area contributed by atoms with Crippen molar-refractivity contribution in [2.24, 2.45) is 7.05 Å². The maximum atomic E-state index is 12.6. The number of nitrogens with one attached hydrogen (secondary N) is 1. The second-order valence-electron chi connectivity index (χ2n) is 5.58. The molecule has 0 saturated carbocycles. The van der Waals surface area contributed by atoms with Gasteiger partial charge in [-0.1, -0.05) is 11.8 Å². The van der Waals surface area contributed by atoms with Crippen molar-refractivity contribution in [2.75, 3.05) is 12.3 Å². The molecule has 0 radical (unpaired) electrons. The summed E-state index contributed by atoms with van der Waals surface area (Å²) in [5, 5.41) is 9.32. The van der Waals surface area contributed by atoms with Gasteiger partial charge in [-0.05, 0) is 20.3 Å². The van der Waals surface area contributed by atoms with Crippen LogP contribution in [0.3, 0.4) is 0 Å². The van der Waals surface area contributed by atoms with Crippen LogP contribution in [0.5, 0.6) is 0 Å². The topological polar surface area (TPSA) is 80.1 Å². The molecule has 1 aromatic rings. The highest BCUT2D eigenvalue weighted by atomic mass is 32.2. The molecule has 0 aromatic carbocycles. The van der Waals surface area contributed by atoms with Crippen molar-refractivity contribution >= 4 is 23.7 Å². The third kappa shape index (κ3) is 3.59. The van der Waals surface area contributed by atoms with Gasteiger partial charge in [-0.25, -0.2) is 4.79 Å². The summed E-state index contributed by atoms with van der Waals surface area (Å²) in [7, 11) is 1.24. The van der Waals surface area contributed by atoms with Crippen molar-refractivity contribution < 1.29 is 22.8 Å². The fourth-order valence-electron chi connectivity index (χ4n) is 2.09. The molecule has 23 heavy (non-hydrogen) atoms. The highest BCUT2D eigenvalue weighted by Crippen LogP contribution is 2.29. The fourth-order valence-corrected chi connectivity index (χ4v) is 2.93. The smallest absolute Gasteiger partial charge is 0.324 e. The molecular formula is C12H16F3N5O2S. The van der Waals surface area contributed by atoms with E-state index in [0.717, 1.165) is 21.2 Å². The van der Waals surface area contributed by atoms with Gasteiger partial charge in [0.2, 0.25) is 5.82 Å². The fraction of sp³-hybridized carbons (Fsp3) is 0.667. The lowest BCUT2D eigenvalue weighted by atomic mass is 10.1. The van der Waals surface area contributed by atoms with Gasteiger partial charge in [-0.3, -0.25) is 9.69 Å². The van der Waals surface area contributed by atoms with E-state index < -0.39 is 23.6 Å². The van der Waals surface area contributed by atoms with Crippen LogP contribution in [-0.2, 0) is 18.0 Å². The minimum Gasteiger partial charge on any atom is -0.324 e. The number of nitrogens with zero attached hydrogens (tertiary/aromatic N) is 4. The summed E-state index contributed by atoms with van der Waals surface area (Å²) < 4.78 is 38.7. The first-order chi connectivity index (χ1) is 10.5. The lowest BCUT2D eigenvalue weighted by molar-refractivity contribution is -0.147. The van der Waals surface area contributed by atoms with Gasteiger partial charge in [0.15, 0.2) is 5.16 Å². The monoisotopic (exact) mass is 351 g/mol. The zero-order valence-corrected chi connectivity index (χ0v) is 13.6. The number of halogens is 3. The third-order valence-corrected chi connectivity index (χ3v) is 4.40. The Morgan fingerprint density at radius 3 is 2.39 bits per heavy atom. The molecular weight excluding hydrogens is 335 g/mol. The van der Waals surface area contributed by atoms with Crippen LogP contribution in [0.2, 0.25) is 0 Å². The molecule has 7 nitrogen and oxygen atoms in total. The number of aromatic nitrogens is 3. The largest absolute Gasteiger partial charge is 0.451 e. The maximum Gasteiger partial charge on any atom is 0.451 e. The number of rotatable bonds is 5. The van der Waals surface area contributed by atoms with E-state index in [1.54, 1.807) is 13.8 Å². The number of carbonyl (C=O) groups excluding carboxylic acids is 2. The highest BCUT2D eigenvalue weighted by Gasteiger charge is 2.43. The number of carbonyl (C=O) groups is 2. The number of amides is 3. The lowest BCUT2D eigenvalue weighted by Crippen LogP contribution is -2.40. The second kappa shape index (κ2) is 6.02. The summed E-state index contributed by atoms with van der Waals surface area (Å²) in [5.41, 5.74) is -0.921. The van der Waals surface area contributed by atoms with Crippen LogP contribution < -0.4 is 5.32 Å². The number of thioether (sulfide) groups is 1. The minimum absolute atomic E-state index is 0.134. The van der Waals surface area contributed by atoms with E-state index in [1.807, 2.05) is 0 Å². The van der Waals surface area contributed by atoms with Gasteiger partial charge >= 0.3 is 12.2 Å². The van der Waals surface area contributed by atoms with Crippen LogP contribution in [0.4, 0.5) is 18.0 Å². The van der Waals surface area contributed by atoms with Crippen molar-refractivity contribution in [3.8, 4) is 0 Å². The van der Waals surface area contributed by atoms with Gasteiger partial charge in [-0.15, -0.1) is 10.2 Å². The molecule has 1 N–H and O–H groups in total. The summed E-state index contributed by atoms with van der Waals surface area (Å²) in [5.74, 6) is -0.970. The molecule has 0 spiro atoms. The van der Waals surface area contributed by atoms with Crippen molar-refractivity contribution in [1.82, 2.24) is 25.0 Å². The van der Waals surface area contributed by atoms with Crippen LogP contribution in [0.15, 0.2) is 5.16 Å². The Labute approximate surface area is 134 Å². The van der Waals surface area contributed by atoms with E-state index in [2.05, 4.69) is 15.5 Å². The summed E-state index contributed by atoms with van der Waals surface area (Å²) in [4.78, 5) is 24.7. The van der Waals surface area contributed by atoms with Crippen LogP contribution in [-0.4, -0.2) is 49.4 Å². The number of imide groups is 1. The quantitative estimate of drug-likeness (QED) is 0.496. The van der Waals surface area contributed by atoms with Gasteiger partial charge in [-0.2, -0.15) is 13.2 Å². The van der Waals surface area contributed by atoms with E-state index in [0.29, 0.717) is 12.2 Å². The average molecular weight is 351 g/mol. The van der Waals surface area contributed by atoms with Crippen molar-refractivity contribution in [1.29, 1.82) is 0 Å². The summed E-state index contributed by atoms with van der Waals surface area (Å²) in [6.45, 7) is 3.42. The predicted molar refractivity (Wildman–Crippen MR) is 75.7 cm³/mol. The number of urea groups is 1. The molecule has 2 heterocycles. The first-order valence-corrected chi connectivity index (χ1v) is 7.76. The van der Waals surface area contributed by atoms with Gasteiger partial charge < -0.3 is 9.88 Å². The first kappa shape index (κ1) is 17.6. The third-order valence-electron chi connectivity index (χ3n) is 3.29. The number of hydrogen-bond donors (Lipinski definition) is 1. The summed E-state index contributed by atoms with van der Waals surface area (Å²) in [6, 6.07) is -0.456. The van der Waals surface area contributed by atoms with Crippen LogP contribution in [0.25, 0.3) is 0 Å². The van der Waals surface area contributed by atoms with Crippen LogP contribution >= 0.6 is 11.8 Å². The second-order valence-corrected chi connectivity index (χ2v) is 6.64. The summed E-state index contributed by atoms with van der Waals surface area (Å²) in [6.07, 6.45) is -4.11. The van der Waals surface area contributed by atoms with Crippen molar-refractivity contribution in [2.45, 2.75) is 37.1 Å². The Morgan fingerprint density at radius 2 is 1.91 bits per heavy atom. The maximum absolute atomic E-state index is 12.6. The SMILES string of the molecule is Cn1c(SCCCN2C(=O)NC(C)(C)C2=O)nnc1C(F)(F)F. The molecule has 0 atom stereocenters. The standard InChI is InChI=1S/C12H16F3N5O2S/c1-11(2)8(21)20(9(22)16-11)5-4-6-23-10-18-17-7(19(10)3)12(13,14)15/h4-6H2,1-3H3,(H,16,22). The molecule has 2 rings (SSSR count). The molecule has 1 aliphatic heterocycles. The minimum atomic E-state index is -4.55. The normalized spacial score (nSPS) is 17.7.